The predicted octanol–water partition coefficient (Wildman–Crippen LogP) is 4.75. The van der Waals surface area contributed by atoms with Gasteiger partial charge in [-0.1, -0.05) is 11.6 Å². The molecular weight excluding hydrogens is 407 g/mol. The smallest absolute Gasteiger partial charge is 0.288 e. The molecule has 2 aromatic rings. The Kier molecular flexibility index (Phi) is 4.72. The fraction of sp³-hybridized carbons (Fsp3) is 0.450. The first-order chi connectivity index (χ1) is 13.6. The second-order valence-corrected chi connectivity index (χ2v) is 8.60. The lowest BCUT2D eigenvalue weighted by atomic mass is 9.38. The zero-order chi connectivity index (χ0) is 20.9. The van der Waals surface area contributed by atoms with Gasteiger partial charge in [0.2, 0.25) is 0 Å². The Labute approximate surface area is 170 Å². The third-order valence-electron chi connectivity index (χ3n) is 5.50. The Hall–Kier alpha value is -2.35. The van der Waals surface area contributed by atoms with Crippen LogP contribution in [0.1, 0.15) is 38.3 Å². The average molecular weight is 426 g/mol. The van der Waals surface area contributed by atoms with Crippen LogP contribution < -0.4 is 10.1 Å². The zero-order valence-electron chi connectivity index (χ0n) is 15.6. The average Bonchev–Trinajstić information content (AvgIpc) is 2.59. The summed E-state index contributed by atoms with van der Waals surface area (Å²) in [5.74, 6) is -2.96. The zero-order valence-corrected chi connectivity index (χ0v) is 16.4. The van der Waals surface area contributed by atoms with E-state index in [1.165, 1.54) is 18.3 Å². The standard InChI is InChI=1S/C20H19ClF3N3O2/c1-18(23,24)16-6-26-17(7-25-16)27-20-9-19(10-20,11-20)5-12(28)8-29-13-2-3-14(21)15(22)4-13/h2-4,6-7H,5,8-11H2,1H3,(H,26,27). The summed E-state index contributed by atoms with van der Waals surface area (Å²) in [7, 11) is 0. The number of aromatic nitrogens is 2. The Bertz CT molecular complexity index is 927. The maximum atomic E-state index is 13.4. The number of benzene rings is 1. The number of carbonyl (C=O) groups is 1. The number of alkyl halides is 2. The first-order valence-corrected chi connectivity index (χ1v) is 9.54. The van der Waals surface area contributed by atoms with Crippen LogP contribution in [-0.4, -0.2) is 27.9 Å². The number of halogens is 4. The number of hydrogen-bond donors (Lipinski definition) is 1. The lowest BCUT2D eigenvalue weighted by Crippen LogP contribution is -2.71. The van der Waals surface area contributed by atoms with Crippen LogP contribution in [0.5, 0.6) is 5.75 Å². The molecule has 0 spiro atoms. The van der Waals surface area contributed by atoms with Crippen molar-refractivity contribution in [2.24, 2.45) is 5.41 Å². The molecule has 154 valence electrons. The molecule has 0 radical (unpaired) electrons. The fourth-order valence-electron chi connectivity index (χ4n) is 4.41. The summed E-state index contributed by atoms with van der Waals surface area (Å²) in [6.07, 6.45) is 5.17. The summed E-state index contributed by atoms with van der Waals surface area (Å²) in [6, 6.07) is 4.04. The van der Waals surface area contributed by atoms with Crippen molar-refractivity contribution in [3.63, 3.8) is 0 Å². The van der Waals surface area contributed by atoms with E-state index in [-0.39, 0.29) is 39.8 Å². The van der Waals surface area contributed by atoms with Gasteiger partial charge in [-0.05, 0) is 36.8 Å². The number of nitrogens with zero attached hydrogens (tertiary/aromatic N) is 2. The second-order valence-electron chi connectivity index (χ2n) is 8.19. The fourth-order valence-corrected chi connectivity index (χ4v) is 4.53. The molecule has 3 aliphatic rings. The van der Waals surface area contributed by atoms with Crippen LogP contribution in [0.4, 0.5) is 19.0 Å². The molecule has 1 heterocycles. The Balaban J connectivity index is 1.24. The van der Waals surface area contributed by atoms with Crippen LogP contribution in [0, 0.1) is 11.2 Å². The van der Waals surface area contributed by atoms with Gasteiger partial charge in [0.25, 0.3) is 5.92 Å². The number of ether oxygens (including phenoxy) is 1. The third-order valence-corrected chi connectivity index (χ3v) is 5.80. The highest BCUT2D eigenvalue weighted by Crippen LogP contribution is 2.70. The molecule has 29 heavy (non-hydrogen) atoms. The molecule has 3 saturated carbocycles. The summed E-state index contributed by atoms with van der Waals surface area (Å²) in [6.45, 7) is 0.653. The second kappa shape index (κ2) is 6.86. The van der Waals surface area contributed by atoms with Gasteiger partial charge in [-0.15, -0.1) is 0 Å². The number of Topliss-reactive ketones (excluding diaryl/α,β-unsaturated/α-hetero) is 1. The quantitative estimate of drug-likeness (QED) is 0.661. The molecule has 1 aromatic heterocycles. The van der Waals surface area contributed by atoms with Crippen molar-refractivity contribution >= 4 is 23.2 Å². The Morgan fingerprint density at radius 2 is 2.00 bits per heavy atom. The largest absolute Gasteiger partial charge is 0.486 e. The molecule has 1 aromatic carbocycles. The van der Waals surface area contributed by atoms with Gasteiger partial charge >= 0.3 is 0 Å². The van der Waals surface area contributed by atoms with Crippen LogP contribution in [0.3, 0.4) is 0 Å². The van der Waals surface area contributed by atoms with E-state index >= 15 is 0 Å². The number of rotatable bonds is 8. The number of hydrogen-bond acceptors (Lipinski definition) is 5. The van der Waals surface area contributed by atoms with E-state index in [1.54, 1.807) is 0 Å². The SMILES string of the molecule is CC(F)(F)c1cnc(NC23CC(CC(=O)COc4ccc(Cl)c(F)c4)(C2)C3)cn1. The number of carbonyl (C=O) groups excluding carboxylic acids is 1. The van der Waals surface area contributed by atoms with E-state index in [2.05, 4.69) is 15.3 Å². The van der Waals surface area contributed by atoms with Crippen LogP contribution in [0.2, 0.25) is 5.02 Å². The monoisotopic (exact) mass is 425 g/mol. The van der Waals surface area contributed by atoms with Crippen molar-refractivity contribution < 1.29 is 22.7 Å². The summed E-state index contributed by atoms with van der Waals surface area (Å²) in [5.41, 5.74) is -0.572. The number of ketones is 1. The summed E-state index contributed by atoms with van der Waals surface area (Å²) < 4.78 is 45.1. The third kappa shape index (κ3) is 4.03. The Morgan fingerprint density at radius 1 is 1.28 bits per heavy atom. The van der Waals surface area contributed by atoms with Crippen molar-refractivity contribution in [3.8, 4) is 5.75 Å². The van der Waals surface area contributed by atoms with Gasteiger partial charge in [0.05, 0.1) is 17.4 Å². The topological polar surface area (TPSA) is 64.1 Å². The molecule has 0 atom stereocenters. The molecule has 9 heteroatoms. The van der Waals surface area contributed by atoms with E-state index in [0.717, 1.165) is 38.4 Å². The van der Waals surface area contributed by atoms with Crippen LogP contribution in [0.25, 0.3) is 0 Å². The van der Waals surface area contributed by atoms with Gasteiger partial charge < -0.3 is 10.1 Å². The van der Waals surface area contributed by atoms with Crippen molar-refractivity contribution in [1.29, 1.82) is 0 Å². The maximum absolute atomic E-state index is 13.4. The predicted molar refractivity (Wildman–Crippen MR) is 101 cm³/mol. The molecule has 5 rings (SSSR count). The lowest BCUT2D eigenvalue weighted by molar-refractivity contribution is -0.147. The molecule has 3 fully saturated rings. The van der Waals surface area contributed by atoms with Crippen molar-refractivity contribution in [1.82, 2.24) is 9.97 Å². The lowest BCUT2D eigenvalue weighted by Gasteiger charge is -2.70. The Morgan fingerprint density at radius 3 is 2.59 bits per heavy atom. The highest BCUT2D eigenvalue weighted by molar-refractivity contribution is 6.30. The van der Waals surface area contributed by atoms with E-state index < -0.39 is 11.7 Å². The van der Waals surface area contributed by atoms with Gasteiger partial charge in [0, 0.05) is 24.9 Å². The molecule has 5 nitrogen and oxygen atoms in total. The van der Waals surface area contributed by atoms with Gasteiger partial charge in [0.1, 0.15) is 29.7 Å². The summed E-state index contributed by atoms with van der Waals surface area (Å²) >= 11 is 5.62. The molecule has 2 bridgehead atoms. The van der Waals surface area contributed by atoms with E-state index in [0.29, 0.717) is 12.2 Å². The first kappa shape index (κ1) is 19.9. The minimum atomic E-state index is -3.02. The number of nitrogens with one attached hydrogen (secondary N) is 1. The van der Waals surface area contributed by atoms with E-state index in [1.807, 2.05) is 0 Å². The highest BCUT2D eigenvalue weighted by Gasteiger charge is 2.68. The maximum Gasteiger partial charge on any atom is 0.288 e. The van der Waals surface area contributed by atoms with Crippen molar-refractivity contribution in [2.45, 2.75) is 44.1 Å². The van der Waals surface area contributed by atoms with Crippen LogP contribution in [0.15, 0.2) is 30.6 Å². The molecule has 1 N–H and O–H groups in total. The molecular formula is C20H19ClF3N3O2. The van der Waals surface area contributed by atoms with Gasteiger partial charge in [0.15, 0.2) is 5.78 Å². The molecule has 0 saturated heterocycles. The van der Waals surface area contributed by atoms with Gasteiger partial charge in [-0.2, -0.15) is 8.78 Å². The molecule has 0 amide bonds. The normalized spacial score (nSPS) is 25.0. The molecule has 0 unspecified atom stereocenters. The van der Waals surface area contributed by atoms with Crippen LogP contribution in [-0.2, 0) is 10.7 Å². The minimum absolute atomic E-state index is 0.00178. The van der Waals surface area contributed by atoms with Gasteiger partial charge in [-0.25, -0.2) is 14.4 Å². The summed E-state index contributed by atoms with van der Waals surface area (Å²) in [5, 5.41) is 3.25. The van der Waals surface area contributed by atoms with E-state index in [9.17, 15) is 18.0 Å². The summed E-state index contributed by atoms with van der Waals surface area (Å²) in [4.78, 5) is 20.0. The highest BCUT2D eigenvalue weighted by atomic mass is 35.5. The van der Waals surface area contributed by atoms with E-state index in [4.69, 9.17) is 16.3 Å². The first-order valence-electron chi connectivity index (χ1n) is 9.16. The van der Waals surface area contributed by atoms with Gasteiger partial charge in [-0.3, -0.25) is 4.79 Å². The molecule has 3 aliphatic carbocycles. The van der Waals surface area contributed by atoms with Crippen LogP contribution >= 0.6 is 11.6 Å². The number of anilines is 1. The van der Waals surface area contributed by atoms with Crippen molar-refractivity contribution in [2.75, 3.05) is 11.9 Å². The minimum Gasteiger partial charge on any atom is -0.486 e. The molecule has 0 aliphatic heterocycles. The van der Waals surface area contributed by atoms with Crippen molar-refractivity contribution in [3.05, 3.63) is 47.1 Å².